The van der Waals surface area contributed by atoms with E-state index in [1.54, 1.807) is 4.90 Å². The highest BCUT2D eigenvalue weighted by Crippen LogP contribution is 2.28. The van der Waals surface area contributed by atoms with Gasteiger partial charge < -0.3 is 9.80 Å². The van der Waals surface area contributed by atoms with Gasteiger partial charge in [0.1, 0.15) is 11.6 Å². The number of hydrogen-bond donors (Lipinski definition) is 0. The summed E-state index contributed by atoms with van der Waals surface area (Å²) in [5.41, 5.74) is -0.247. The van der Waals surface area contributed by atoms with Crippen molar-refractivity contribution < 1.29 is 18.4 Å². The Bertz CT molecular complexity index is 617. The van der Waals surface area contributed by atoms with Gasteiger partial charge in [0.25, 0.3) is 5.91 Å². The third-order valence-corrected chi connectivity index (χ3v) is 4.71. The molecule has 0 unspecified atom stereocenters. The zero-order valence-corrected chi connectivity index (χ0v) is 12.9. The maximum atomic E-state index is 13.8. The number of halogens is 2. The first-order valence-electron chi connectivity index (χ1n) is 8.09. The lowest BCUT2D eigenvalue weighted by atomic mass is 9.84. The van der Waals surface area contributed by atoms with Gasteiger partial charge in [-0.05, 0) is 37.5 Å². The van der Waals surface area contributed by atoms with E-state index in [1.807, 2.05) is 0 Å². The molecule has 1 aromatic carbocycles. The van der Waals surface area contributed by atoms with E-state index >= 15 is 0 Å². The highest BCUT2D eigenvalue weighted by Gasteiger charge is 2.31. The molecule has 124 valence electrons. The van der Waals surface area contributed by atoms with Crippen LogP contribution in [0.4, 0.5) is 8.78 Å². The molecule has 1 saturated heterocycles. The maximum Gasteiger partial charge on any atom is 0.256 e. The van der Waals surface area contributed by atoms with Crippen molar-refractivity contribution in [3.05, 3.63) is 35.4 Å². The molecule has 0 radical (unpaired) electrons. The van der Waals surface area contributed by atoms with Crippen molar-refractivity contribution in [1.29, 1.82) is 0 Å². The van der Waals surface area contributed by atoms with Crippen LogP contribution in [-0.4, -0.2) is 47.8 Å². The minimum Gasteiger partial charge on any atom is -0.341 e. The summed E-state index contributed by atoms with van der Waals surface area (Å²) in [6, 6.07) is 2.89. The molecule has 4 nitrogen and oxygen atoms in total. The molecule has 1 saturated carbocycles. The molecule has 1 aliphatic heterocycles. The van der Waals surface area contributed by atoms with Gasteiger partial charge in [-0.15, -0.1) is 0 Å². The van der Waals surface area contributed by atoms with Crippen molar-refractivity contribution in [1.82, 2.24) is 9.80 Å². The Hall–Kier alpha value is -1.98. The van der Waals surface area contributed by atoms with E-state index in [4.69, 9.17) is 0 Å². The van der Waals surface area contributed by atoms with Crippen molar-refractivity contribution in [2.24, 2.45) is 5.92 Å². The first kappa shape index (κ1) is 15.9. The monoisotopic (exact) mass is 322 g/mol. The van der Waals surface area contributed by atoms with E-state index < -0.39 is 17.5 Å². The summed E-state index contributed by atoms with van der Waals surface area (Å²) >= 11 is 0. The summed E-state index contributed by atoms with van der Waals surface area (Å²) < 4.78 is 27.0. The van der Waals surface area contributed by atoms with Crippen molar-refractivity contribution in [3.63, 3.8) is 0 Å². The number of carbonyl (C=O) groups excluding carboxylic acids is 2. The second-order valence-electron chi connectivity index (χ2n) is 6.22. The van der Waals surface area contributed by atoms with Crippen LogP contribution in [0.5, 0.6) is 0 Å². The first-order chi connectivity index (χ1) is 11.1. The van der Waals surface area contributed by atoms with Gasteiger partial charge in [-0.25, -0.2) is 8.78 Å². The molecule has 1 heterocycles. The zero-order valence-electron chi connectivity index (χ0n) is 12.9. The van der Waals surface area contributed by atoms with Crippen LogP contribution in [0.2, 0.25) is 0 Å². The Labute approximate surface area is 134 Å². The Morgan fingerprint density at radius 2 is 1.65 bits per heavy atom. The smallest absolute Gasteiger partial charge is 0.256 e. The number of nitrogens with zero attached hydrogens (tertiary/aromatic N) is 2. The molecular weight excluding hydrogens is 302 g/mol. The molecule has 0 N–H and O–H groups in total. The molecule has 6 heteroatoms. The molecule has 0 aromatic heterocycles. The lowest BCUT2D eigenvalue weighted by Gasteiger charge is -2.31. The van der Waals surface area contributed by atoms with E-state index in [0.29, 0.717) is 32.6 Å². The summed E-state index contributed by atoms with van der Waals surface area (Å²) in [6.45, 7) is 1.87. The number of benzene rings is 1. The predicted molar refractivity (Wildman–Crippen MR) is 80.8 cm³/mol. The molecule has 2 fully saturated rings. The Morgan fingerprint density at radius 1 is 0.957 bits per heavy atom. The third kappa shape index (κ3) is 3.35. The molecule has 3 rings (SSSR count). The van der Waals surface area contributed by atoms with Gasteiger partial charge in [-0.2, -0.15) is 0 Å². The highest BCUT2D eigenvalue weighted by atomic mass is 19.1. The van der Waals surface area contributed by atoms with Crippen LogP contribution >= 0.6 is 0 Å². The van der Waals surface area contributed by atoms with Gasteiger partial charge >= 0.3 is 0 Å². The fourth-order valence-corrected chi connectivity index (χ4v) is 3.09. The summed E-state index contributed by atoms with van der Waals surface area (Å²) in [5.74, 6) is -1.56. The van der Waals surface area contributed by atoms with Crippen molar-refractivity contribution in [3.8, 4) is 0 Å². The van der Waals surface area contributed by atoms with E-state index in [0.717, 1.165) is 37.5 Å². The SMILES string of the molecule is O=C(c1cc(F)ccc1F)N1CCCN(C(=O)C2CCC2)CC1. The van der Waals surface area contributed by atoms with Crippen LogP contribution in [0, 0.1) is 17.6 Å². The van der Waals surface area contributed by atoms with E-state index in [1.165, 1.54) is 4.90 Å². The molecule has 2 amide bonds. The number of carbonyl (C=O) groups is 2. The Balaban J connectivity index is 1.66. The normalized spacial score (nSPS) is 19.2. The summed E-state index contributed by atoms with van der Waals surface area (Å²) in [7, 11) is 0. The quantitative estimate of drug-likeness (QED) is 0.839. The molecule has 2 aliphatic rings. The summed E-state index contributed by atoms with van der Waals surface area (Å²) in [6.07, 6.45) is 3.66. The molecule has 1 aliphatic carbocycles. The molecular formula is C17H20F2N2O2. The first-order valence-corrected chi connectivity index (χ1v) is 8.09. The van der Waals surface area contributed by atoms with Gasteiger partial charge in [0, 0.05) is 32.1 Å². The van der Waals surface area contributed by atoms with Crippen LogP contribution in [0.1, 0.15) is 36.0 Å². The Kier molecular flexibility index (Phi) is 4.59. The van der Waals surface area contributed by atoms with Crippen LogP contribution in [0.25, 0.3) is 0 Å². The average Bonchev–Trinajstić information content (AvgIpc) is 2.73. The molecule has 0 spiro atoms. The van der Waals surface area contributed by atoms with Crippen LogP contribution in [0.3, 0.4) is 0 Å². The molecule has 1 aromatic rings. The summed E-state index contributed by atoms with van der Waals surface area (Å²) in [4.78, 5) is 28.0. The number of rotatable bonds is 2. The average molecular weight is 322 g/mol. The summed E-state index contributed by atoms with van der Waals surface area (Å²) in [5, 5.41) is 0. The Morgan fingerprint density at radius 3 is 2.35 bits per heavy atom. The topological polar surface area (TPSA) is 40.6 Å². The second-order valence-corrected chi connectivity index (χ2v) is 6.22. The highest BCUT2D eigenvalue weighted by molar-refractivity contribution is 5.94. The minimum absolute atomic E-state index is 0.137. The maximum absolute atomic E-state index is 13.8. The zero-order chi connectivity index (χ0) is 16.4. The minimum atomic E-state index is -0.719. The predicted octanol–water partition coefficient (Wildman–Crippen LogP) is 2.44. The van der Waals surface area contributed by atoms with Gasteiger partial charge in [-0.3, -0.25) is 9.59 Å². The van der Waals surface area contributed by atoms with Crippen molar-refractivity contribution >= 4 is 11.8 Å². The van der Waals surface area contributed by atoms with Gasteiger partial charge in [0.2, 0.25) is 5.91 Å². The van der Waals surface area contributed by atoms with E-state index in [-0.39, 0.29) is 17.4 Å². The molecule has 0 atom stereocenters. The fraction of sp³-hybridized carbons (Fsp3) is 0.529. The van der Waals surface area contributed by atoms with Crippen molar-refractivity contribution in [2.45, 2.75) is 25.7 Å². The lowest BCUT2D eigenvalue weighted by molar-refractivity contribution is -0.138. The van der Waals surface area contributed by atoms with Gasteiger partial charge in [0.15, 0.2) is 0 Å². The van der Waals surface area contributed by atoms with Gasteiger partial charge in [0.05, 0.1) is 5.56 Å². The fourth-order valence-electron chi connectivity index (χ4n) is 3.09. The standard InChI is InChI=1S/C17H20F2N2O2/c18-13-5-6-15(19)14(11-13)17(23)21-8-2-7-20(9-10-21)16(22)12-3-1-4-12/h5-6,11-12H,1-4,7-10H2. The van der Waals surface area contributed by atoms with E-state index in [2.05, 4.69) is 0 Å². The number of hydrogen-bond acceptors (Lipinski definition) is 2. The third-order valence-electron chi connectivity index (χ3n) is 4.71. The van der Waals surface area contributed by atoms with Crippen molar-refractivity contribution in [2.75, 3.05) is 26.2 Å². The van der Waals surface area contributed by atoms with Crippen LogP contribution < -0.4 is 0 Å². The van der Waals surface area contributed by atoms with Crippen LogP contribution in [-0.2, 0) is 4.79 Å². The second kappa shape index (κ2) is 6.64. The number of amides is 2. The molecule has 23 heavy (non-hydrogen) atoms. The largest absolute Gasteiger partial charge is 0.341 e. The lowest BCUT2D eigenvalue weighted by Crippen LogP contribution is -2.41. The van der Waals surface area contributed by atoms with Gasteiger partial charge in [-0.1, -0.05) is 6.42 Å². The van der Waals surface area contributed by atoms with E-state index in [9.17, 15) is 18.4 Å². The molecule has 0 bridgehead atoms. The van der Waals surface area contributed by atoms with Crippen LogP contribution in [0.15, 0.2) is 18.2 Å².